The van der Waals surface area contributed by atoms with Gasteiger partial charge in [0.15, 0.2) is 0 Å². The van der Waals surface area contributed by atoms with Crippen LogP contribution in [0.2, 0.25) is 0 Å². The first-order valence-electron chi connectivity index (χ1n) is 14.9. The van der Waals surface area contributed by atoms with Crippen LogP contribution in [-0.4, -0.2) is 59.6 Å². The molecular formula is C32H44N2O4. The Morgan fingerprint density at radius 3 is 2.74 bits per heavy atom. The van der Waals surface area contributed by atoms with Crippen LogP contribution in [0.15, 0.2) is 36.0 Å². The Bertz CT molecular complexity index is 1120. The second kappa shape index (κ2) is 9.26. The van der Waals surface area contributed by atoms with E-state index in [0.717, 1.165) is 69.2 Å². The second-order valence-corrected chi connectivity index (χ2v) is 13.5. The number of aromatic nitrogens is 1. The molecular weight excluding hydrogens is 476 g/mol. The van der Waals surface area contributed by atoms with E-state index in [1.54, 1.807) is 0 Å². The molecule has 6 unspecified atom stereocenters. The van der Waals surface area contributed by atoms with Crippen LogP contribution in [0.3, 0.4) is 0 Å². The van der Waals surface area contributed by atoms with Crippen LogP contribution in [-0.2, 0) is 20.7 Å². The van der Waals surface area contributed by atoms with Crippen molar-refractivity contribution in [2.45, 2.75) is 77.9 Å². The van der Waals surface area contributed by atoms with Gasteiger partial charge in [-0.15, -0.1) is 0 Å². The van der Waals surface area contributed by atoms with Gasteiger partial charge in [-0.1, -0.05) is 44.9 Å². The maximum absolute atomic E-state index is 13.7. The fourth-order valence-electron chi connectivity index (χ4n) is 10.4. The van der Waals surface area contributed by atoms with Gasteiger partial charge in [0.2, 0.25) is 0 Å². The standard InChI is InChI=1S/C32H44N2O4/c1-20(2)27-15-22-16-30(19-35)26-10-8-21(3)25(26)17-31(22,32(27,30)29(36)37)28-11-9-24(38-28)18-34(4)14-12-23-7-5-6-13-33-23/h5-7,13,15,19-22,24-26,28H,8-12,14,16-18H2,1-4H3,(H,36,37)/t21-,22?,24?,25-,26-,28?,30?,31?,32?/m1/s1. The normalized spacial score (nSPS) is 43.1. The SMILES string of the molecule is CC(C)C1=CC2CC3(C=O)[C@@H]4CC[C@@H](C)[C@H]4CC2(C2CCC(CN(C)CCc4ccccn4)O2)C13C(=O)O. The Morgan fingerprint density at radius 2 is 2.05 bits per heavy atom. The molecule has 1 aliphatic heterocycles. The summed E-state index contributed by atoms with van der Waals surface area (Å²) in [6.07, 6.45) is 11.6. The van der Waals surface area contributed by atoms with Crippen molar-refractivity contribution in [1.82, 2.24) is 9.88 Å². The molecule has 4 aliphatic carbocycles. The number of nitrogens with zero attached hydrogens (tertiary/aromatic N) is 2. The van der Waals surface area contributed by atoms with Crippen molar-refractivity contribution in [3.8, 4) is 0 Å². The van der Waals surface area contributed by atoms with Crippen LogP contribution in [0.1, 0.15) is 65.0 Å². The van der Waals surface area contributed by atoms with Gasteiger partial charge in [-0.25, -0.2) is 0 Å². The van der Waals surface area contributed by atoms with E-state index >= 15 is 0 Å². The molecule has 38 heavy (non-hydrogen) atoms. The third kappa shape index (κ3) is 3.28. The number of fused-ring (bicyclic) bond motifs is 2. The first kappa shape index (κ1) is 26.2. The Labute approximate surface area is 227 Å². The molecule has 0 spiro atoms. The second-order valence-electron chi connectivity index (χ2n) is 13.5. The molecule has 0 amide bonds. The number of rotatable bonds is 9. The van der Waals surface area contributed by atoms with Crippen molar-refractivity contribution in [3.63, 3.8) is 0 Å². The lowest BCUT2D eigenvalue weighted by molar-refractivity contribution is -0.197. The zero-order valence-corrected chi connectivity index (χ0v) is 23.4. The van der Waals surface area contributed by atoms with E-state index in [-0.39, 0.29) is 30.0 Å². The van der Waals surface area contributed by atoms with Crippen LogP contribution < -0.4 is 0 Å². The van der Waals surface area contributed by atoms with Gasteiger partial charge in [-0.05, 0) is 80.9 Å². The van der Waals surface area contributed by atoms with Crippen molar-refractivity contribution >= 4 is 12.3 Å². The van der Waals surface area contributed by atoms with Gasteiger partial charge < -0.3 is 19.5 Å². The summed E-state index contributed by atoms with van der Waals surface area (Å²) in [5.74, 6) is 0.523. The summed E-state index contributed by atoms with van der Waals surface area (Å²) < 4.78 is 6.93. The zero-order valence-electron chi connectivity index (χ0n) is 23.4. The van der Waals surface area contributed by atoms with Crippen LogP contribution in [0.5, 0.6) is 0 Å². The lowest BCUT2D eigenvalue weighted by atomic mass is 9.41. The van der Waals surface area contributed by atoms with Crippen molar-refractivity contribution < 1.29 is 19.4 Å². The van der Waals surface area contributed by atoms with Crippen LogP contribution in [0.25, 0.3) is 0 Å². The molecule has 1 aromatic heterocycles. The molecule has 4 bridgehead atoms. The number of carbonyl (C=O) groups excluding carboxylic acids is 1. The molecule has 4 fully saturated rings. The lowest BCUT2D eigenvalue weighted by Crippen LogP contribution is -2.65. The molecule has 5 aliphatic rings. The molecule has 1 aromatic rings. The first-order chi connectivity index (χ1) is 18.2. The van der Waals surface area contributed by atoms with Crippen LogP contribution in [0.4, 0.5) is 0 Å². The zero-order chi connectivity index (χ0) is 26.9. The van der Waals surface area contributed by atoms with E-state index in [9.17, 15) is 14.7 Å². The minimum Gasteiger partial charge on any atom is -0.481 e. The van der Waals surface area contributed by atoms with E-state index in [2.05, 4.69) is 49.8 Å². The molecule has 6 heteroatoms. The molecule has 206 valence electrons. The first-order valence-corrected chi connectivity index (χ1v) is 14.9. The molecule has 1 saturated heterocycles. The minimum atomic E-state index is -1.14. The van der Waals surface area contributed by atoms with Crippen molar-refractivity contribution in [3.05, 3.63) is 41.7 Å². The fourth-order valence-corrected chi connectivity index (χ4v) is 10.4. The number of hydrogen-bond acceptors (Lipinski definition) is 5. The summed E-state index contributed by atoms with van der Waals surface area (Å²) >= 11 is 0. The number of aliphatic carboxylic acids is 1. The third-order valence-corrected chi connectivity index (χ3v) is 11.7. The summed E-state index contributed by atoms with van der Waals surface area (Å²) in [6.45, 7) is 8.28. The monoisotopic (exact) mass is 520 g/mol. The summed E-state index contributed by atoms with van der Waals surface area (Å²) in [5.41, 5.74) is -0.386. The van der Waals surface area contributed by atoms with E-state index in [1.807, 2.05) is 18.3 Å². The number of ether oxygens (including phenoxy) is 1. The average molecular weight is 521 g/mol. The highest BCUT2D eigenvalue weighted by Crippen LogP contribution is 2.84. The Hall–Kier alpha value is -2.05. The lowest BCUT2D eigenvalue weighted by Gasteiger charge is -2.60. The topological polar surface area (TPSA) is 79.7 Å². The molecule has 2 heterocycles. The highest BCUT2D eigenvalue weighted by Gasteiger charge is 2.86. The fraction of sp³-hybridized carbons (Fsp3) is 0.719. The summed E-state index contributed by atoms with van der Waals surface area (Å²) in [5, 5.41) is 11.2. The van der Waals surface area contributed by atoms with Gasteiger partial charge in [-0.3, -0.25) is 9.78 Å². The maximum Gasteiger partial charge on any atom is 0.315 e. The summed E-state index contributed by atoms with van der Waals surface area (Å²) in [6, 6.07) is 6.03. The predicted molar refractivity (Wildman–Crippen MR) is 145 cm³/mol. The predicted octanol–water partition coefficient (Wildman–Crippen LogP) is 5.03. The number of likely N-dealkylation sites (N-methyl/N-ethyl adjacent to an activating group) is 1. The van der Waals surface area contributed by atoms with Gasteiger partial charge in [0.25, 0.3) is 0 Å². The minimum absolute atomic E-state index is 0.0841. The van der Waals surface area contributed by atoms with Gasteiger partial charge in [0.1, 0.15) is 11.7 Å². The molecule has 0 radical (unpaired) electrons. The van der Waals surface area contributed by atoms with Crippen LogP contribution >= 0.6 is 0 Å². The van der Waals surface area contributed by atoms with Gasteiger partial charge >= 0.3 is 5.97 Å². The number of carboxylic acid groups (broad SMARTS) is 1. The summed E-state index contributed by atoms with van der Waals surface area (Å²) in [4.78, 5) is 33.8. The van der Waals surface area contributed by atoms with Crippen molar-refractivity contribution in [1.29, 1.82) is 0 Å². The highest BCUT2D eigenvalue weighted by molar-refractivity contribution is 5.90. The van der Waals surface area contributed by atoms with E-state index in [4.69, 9.17) is 4.74 Å². The molecule has 6 rings (SSSR count). The number of pyridine rings is 1. The van der Waals surface area contributed by atoms with E-state index < -0.39 is 22.2 Å². The number of carbonyl (C=O) groups is 2. The number of aldehydes is 1. The average Bonchev–Trinajstić information content (AvgIpc) is 3.63. The largest absolute Gasteiger partial charge is 0.481 e. The quantitative estimate of drug-likeness (QED) is 0.364. The smallest absolute Gasteiger partial charge is 0.315 e. The number of carboxylic acids is 1. The summed E-state index contributed by atoms with van der Waals surface area (Å²) in [7, 11) is 2.14. The number of hydrogen-bond donors (Lipinski definition) is 1. The van der Waals surface area contributed by atoms with E-state index in [1.165, 1.54) is 0 Å². The Kier molecular flexibility index (Phi) is 6.38. The Balaban J connectivity index is 1.30. The van der Waals surface area contributed by atoms with Crippen molar-refractivity contribution in [2.75, 3.05) is 20.1 Å². The van der Waals surface area contributed by atoms with Crippen LogP contribution in [0, 0.1) is 45.8 Å². The van der Waals surface area contributed by atoms with Gasteiger partial charge in [0, 0.05) is 36.8 Å². The highest BCUT2D eigenvalue weighted by atomic mass is 16.5. The third-order valence-electron chi connectivity index (χ3n) is 11.7. The molecule has 9 atom stereocenters. The van der Waals surface area contributed by atoms with Gasteiger partial charge in [-0.2, -0.15) is 0 Å². The Morgan fingerprint density at radius 1 is 1.24 bits per heavy atom. The molecule has 0 aromatic carbocycles. The maximum atomic E-state index is 13.7. The molecule has 3 saturated carbocycles. The molecule has 6 nitrogen and oxygen atoms in total. The number of allylic oxidation sites excluding steroid dienone is 1. The van der Waals surface area contributed by atoms with E-state index in [0.29, 0.717) is 18.3 Å². The molecule has 1 N–H and O–H groups in total. The van der Waals surface area contributed by atoms with Gasteiger partial charge in [0.05, 0.1) is 17.6 Å². The van der Waals surface area contributed by atoms with Crippen molar-refractivity contribution in [2.24, 2.45) is 45.8 Å².